The molecule has 1 aromatic carbocycles. The summed E-state index contributed by atoms with van der Waals surface area (Å²) in [6.07, 6.45) is -0.370. The zero-order valence-corrected chi connectivity index (χ0v) is 16.9. The largest absolute Gasteiger partial charge is 0.444 e. The number of carbonyl (C=O) groups is 1. The Morgan fingerprint density at radius 3 is 2.88 bits per heavy atom. The number of ether oxygens (including phenoxy) is 1. The molecule has 2 aromatic rings. The van der Waals surface area contributed by atoms with Crippen LogP contribution < -0.4 is 5.32 Å². The minimum absolute atomic E-state index is 0.0245. The van der Waals surface area contributed by atoms with Gasteiger partial charge < -0.3 is 14.5 Å². The van der Waals surface area contributed by atoms with Crippen LogP contribution in [0.5, 0.6) is 0 Å². The number of piperazine rings is 1. The van der Waals surface area contributed by atoms with Gasteiger partial charge in [0.25, 0.3) is 0 Å². The first-order valence-electron chi connectivity index (χ1n) is 8.14. The molecule has 136 valence electrons. The van der Waals surface area contributed by atoms with E-state index < -0.39 is 5.60 Å². The Bertz CT molecular complexity index is 802. The van der Waals surface area contributed by atoms with E-state index in [-0.39, 0.29) is 18.2 Å². The van der Waals surface area contributed by atoms with Crippen LogP contribution in [0.1, 0.15) is 39.6 Å². The highest BCUT2D eigenvalue weighted by Gasteiger charge is 2.38. The van der Waals surface area contributed by atoms with Crippen LogP contribution in [0, 0.1) is 0 Å². The molecule has 3 rings (SSSR count). The third-order valence-corrected chi connectivity index (χ3v) is 4.74. The summed E-state index contributed by atoms with van der Waals surface area (Å²) in [7, 11) is 0. The number of nitrogens with zero attached hydrogens (tertiary/aromatic N) is 2. The molecule has 2 heterocycles. The minimum atomic E-state index is -0.562. The molecule has 8 heteroatoms. The maximum absolute atomic E-state index is 12.7. The van der Waals surface area contributed by atoms with E-state index in [1.54, 1.807) is 17.0 Å². The van der Waals surface area contributed by atoms with Gasteiger partial charge in [-0.3, -0.25) is 4.90 Å². The number of oxazole rings is 1. The Hall–Kier alpha value is -1.31. The molecule has 1 aliphatic rings. The van der Waals surface area contributed by atoms with Crippen LogP contribution in [0.15, 0.2) is 21.0 Å². The smallest absolute Gasteiger partial charge is 0.411 e. The maximum Gasteiger partial charge on any atom is 0.411 e. The molecule has 1 aromatic heterocycles. The predicted molar refractivity (Wildman–Crippen MR) is 99.9 cm³/mol. The molecule has 2 atom stereocenters. The Labute approximate surface area is 160 Å². The molecule has 0 spiro atoms. The number of fused-ring (bicyclic) bond motifs is 1. The molecule has 1 amide bonds. The predicted octanol–water partition coefficient (Wildman–Crippen LogP) is 4.51. The Kier molecular flexibility index (Phi) is 5.01. The van der Waals surface area contributed by atoms with Gasteiger partial charge in [0.05, 0.1) is 4.47 Å². The van der Waals surface area contributed by atoms with Crippen LogP contribution >= 0.6 is 27.5 Å². The second-order valence-corrected chi connectivity index (χ2v) is 8.44. The second kappa shape index (κ2) is 6.78. The highest BCUT2D eigenvalue weighted by atomic mass is 79.9. The molecule has 6 nitrogen and oxygen atoms in total. The van der Waals surface area contributed by atoms with Gasteiger partial charge in [-0.25, -0.2) is 9.78 Å². The first-order valence-corrected chi connectivity index (χ1v) is 9.31. The number of nitrogens with one attached hydrogen (secondary N) is 1. The number of benzene rings is 1. The molecule has 0 saturated carbocycles. The van der Waals surface area contributed by atoms with Gasteiger partial charge in [0.15, 0.2) is 5.58 Å². The third-order valence-electron chi connectivity index (χ3n) is 3.94. The van der Waals surface area contributed by atoms with Crippen molar-refractivity contribution in [3.05, 3.63) is 27.5 Å². The topological polar surface area (TPSA) is 67.6 Å². The van der Waals surface area contributed by atoms with E-state index in [4.69, 9.17) is 20.8 Å². The molecule has 1 saturated heterocycles. The van der Waals surface area contributed by atoms with E-state index >= 15 is 0 Å². The molecular formula is C17H21BrClN3O3. The number of hydrogen-bond acceptors (Lipinski definition) is 5. The lowest BCUT2D eigenvalue weighted by Crippen LogP contribution is -2.54. The van der Waals surface area contributed by atoms with Gasteiger partial charge in [0, 0.05) is 24.2 Å². The van der Waals surface area contributed by atoms with E-state index in [0.29, 0.717) is 35.1 Å². The molecule has 1 fully saturated rings. The normalized spacial score (nSPS) is 21.6. The van der Waals surface area contributed by atoms with Crippen molar-refractivity contribution < 1.29 is 13.9 Å². The number of rotatable bonds is 1. The summed E-state index contributed by atoms with van der Waals surface area (Å²) in [5.74, 6) is 0.462. The minimum Gasteiger partial charge on any atom is -0.444 e. The molecule has 25 heavy (non-hydrogen) atoms. The Morgan fingerprint density at radius 1 is 1.48 bits per heavy atom. The van der Waals surface area contributed by atoms with Crippen LogP contribution in [0.25, 0.3) is 11.1 Å². The van der Waals surface area contributed by atoms with E-state index in [2.05, 4.69) is 26.2 Å². The first kappa shape index (κ1) is 18.5. The van der Waals surface area contributed by atoms with E-state index in [0.717, 1.165) is 4.47 Å². The molecule has 0 aliphatic carbocycles. The summed E-state index contributed by atoms with van der Waals surface area (Å²) in [6, 6.07) is 3.12. The lowest BCUT2D eigenvalue weighted by atomic mass is 10.1. The summed E-state index contributed by atoms with van der Waals surface area (Å²) in [5.41, 5.74) is 0.700. The van der Waals surface area contributed by atoms with E-state index in [1.165, 1.54) is 0 Å². The monoisotopic (exact) mass is 429 g/mol. The number of carbonyl (C=O) groups excluding carboxylic acids is 1. The molecule has 0 bridgehead atoms. The lowest BCUT2D eigenvalue weighted by Gasteiger charge is -2.39. The van der Waals surface area contributed by atoms with Crippen molar-refractivity contribution in [3.8, 4) is 0 Å². The van der Waals surface area contributed by atoms with Crippen LogP contribution in [0.3, 0.4) is 0 Å². The molecular weight excluding hydrogens is 410 g/mol. The lowest BCUT2D eigenvalue weighted by molar-refractivity contribution is 0.00266. The van der Waals surface area contributed by atoms with Gasteiger partial charge in [-0.2, -0.15) is 0 Å². The fourth-order valence-corrected chi connectivity index (χ4v) is 3.78. The first-order chi connectivity index (χ1) is 11.7. The number of halogens is 2. The van der Waals surface area contributed by atoms with Crippen molar-refractivity contribution >= 4 is 44.7 Å². The number of hydrogen-bond donors (Lipinski definition) is 1. The number of amides is 1. The third kappa shape index (κ3) is 3.93. The standard InChI is InChI=1S/C17H21BrClN3O3/c1-9-13(22(6-5-20-9)16(23)25-17(2,3)4)15-21-12-8-10(19)7-11(18)14(12)24-15/h7-9,13,20H,5-6H2,1-4H3/t9?,13-/m0/s1. The van der Waals surface area contributed by atoms with Gasteiger partial charge >= 0.3 is 6.09 Å². The van der Waals surface area contributed by atoms with Gasteiger partial charge in [-0.15, -0.1) is 0 Å². The van der Waals surface area contributed by atoms with Gasteiger partial charge in [-0.1, -0.05) is 11.6 Å². The summed E-state index contributed by atoms with van der Waals surface area (Å²) >= 11 is 9.54. The van der Waals surface area contributed by atoms with E-state index in [9.17, 15) is 4.79 Å². The molecule has 0 radical (unpaired) electrons. The number of aromatic nitrogens is 1. The van der Waals surface area contributed by atoms with E-state index in [1.807, 2.05) is 27.7 Å². The van der Waals surface area contributed by atoms with Crippen molar-refractivity contribution in [1.82, 2.24) is 15.2 Å². The summed E-state index contributed by atoms with van der Waals surface area (Å²) in [4.78, 5) is 18.9. The maximum atomic E-state index is 12.7. The summed E-state index contributed by atoms with van der Waals surface area (Å²) < 4.78 is 12.3. The Morgan fingerprint density at radius 2 is 2.20 bits per heavy atom. The zero-order valence-electron chi connectivity index (χ0n) is 14.6. The van der Waals surface area contributed by atoms with Crippen molar-refractivity contribution in [1.29, 1.82) is 0 Å². The quantitative estimate of drug-likeness (QED) is 0.721. The highest BCUT2D eigenvalue weighted by Crippen LogP contribution is 2.34. The fourth-order valence-electron chi connectivity index (χ4n) is 2.91. The summed E-state index contributed by atoms with van der Waals surface area (Å²) in [5, 5.41) is 3.93. The van der Waals surface area contributed by atoms with Crippen molar-refractivity contribution in [3.63, 3.8) is 0 Å². The molecule has 1 aliphatic heterocycles. The zero-order chi connectivity index (χ0) is 18.4. The highest BCUT2D eigenvalue weighted by molar-refractivity contribution is 9.10. The molecule has 1 unspecified atom stereocenters. The molecule has 1 N–H and O–H groups in total. The average Bonchev–Trinajstić information content (AvgIpc) is 2.88. The Balaban J connectivity index is 1.99. The van der Waals surface area contributed by atoms with Crippen molar-refractivity contribution in [2.24, 2.45) is 0 Å². The average molecular weight is 431 g/mol. The summed E-state index contributed by atoms with van der Waals surface area (Å²) in [6.45, 7) is 8.76. The van der Waals surface area contributed by atoms with Crippen LogP contribution in [0.2, 0.25) is 5.02 Å². The fraction of sp³-hybridized carbons (Fsp3) is 0.529. The van der Waals surface area contributed by atoms with Crippen LogP contribution in [-0.2, 0) is 4.74 Å². The van der Waals surface area contributed by atoms with Crippen LogP contribution in [-0.4, -0.2) is 40.7 Å². The van der Waals surface area contributed by atoms with Crippen molar-refractivity contribution in [2.45, 2.75) is 45.4 Å². The van der Waals surface area contributed by atoms with Gasteiger partial charge in [0.2, 0.25) is 5.89 Å². The SMILES string of the molecule is CC1NCCN(C(=O)OC(C)(C)C)[C@@H]1c1nc2cc(Cl)cc(Br)c2o1. The van der Waals surface area contributed by atoms with Gasteiger partial charge in [0.1, 0.15) is 17.2 Å². The van der Waals surface area contributed by atoms with Gasteiger partial charge in [-0.05, 0) is 55.8 Å². The van der Waals surface area contributed by atoms with Crippen molar-refractivity contribution in [2.75, 3.05) is 13.1 Å². The second-order valence-electron chi connectivity index (χ2n) is 7.15. The van der Waals surface area contributed by atoms with Crippen LogP contribution in [0.4, 0.5) is 4.79 Å².